The molecule has 0 saturated carbocycles. The molecule has 2 amide bonds. The fourth-order valence-corrected chi connectivity index (χ4v) is 2.68. The van der Waals surface area contributed by atoms with E-state index in [2.05, 4.69) is 10.9 Å². The normalized spacial score (nSPS) is 10.1. The summed E-state index contributed by atoms with van der Waals surface area (Å²) in [5.74, 6) is -0.153. The van der Waals surface area contributed by atoms with Gasteiger partial charge in [0.1, 0.15) is 11.5 Å². The molecule has 9 heteroatoms. The molecule has 0 aliphatic rings. The number of nitrogens with one attached hydrogen (secondary N) is 2. The third-order valence-electron chi connectivity index (χ3n) is 4.35. The van der Waals surface area contributed by atoms with Gasteiger partial charge in [0.25, 0.3) is 17.5 Å². The molecule has 0 radical (unpaired) electrons. The van der Waals surface area contributed by atoms with Crippen molar-refractivity contribution in [1.29, 1.82) is 0 Å². The first-order valence-corrected chi connectivity index (χ1v) is 9.74. The maximum Gasteiger partial charge on any atom is 0.276 e. The van der Waals surface area contributed by atoms with Gasteiger partial charge in [0.05, 0.1) is 11.5 Å². The highest BCUT2D eigenvalue weighted by Gasteiger charge is 2.09. The van der Waals surface area contributed by atoms with E-state index in [0.717, 1.165) is 6.42 Å². The van der Waals surface area contributed by atoms with E-state index in [9.17, 15) is 19.7 Å². The summed E-state index contributed by atoms with van der Waals surface area (Å²) in [6, 6.07) is 21.8. The van der Waals surface area contributed by atoms with E-state index in [0.29, 0.717) is 23.7 Å². The van der Waals surface area contributed by atoms with Gasteiger partial charge in [-0.2, -0.15) is 0 Å². The van der Waals surface area contributed by atoms with E-state index in [1.54, 1.807) is 24.3 Å². The second-order valence-corrected chi connectivity index (χ2v) is 6.65. The van der Waals surface area contributed by atoms with Crippen molar-refractivity contribution in [3.8, 4) is 11.5 Å². The van der Waals surface area contributed by atoms with Crippen molar-refractivity contribution in [1.82, 2.24) is 10.9 Å². The van der Waals surface area contributed by atoms with E-state index in [4.69, 9.17) is 9.47 Å². The number of benzene rings is 3. The van der Waals surface area contributed by atoms with Crippen molar-refractivity contribution in [2.45, 2.75) is 6.42 Å². The van der Waals surface area contributed by atoms with Gasteiger partial charge in [-0.1, -0.05) is 30.3 Å². The average Bonchev–Trinajstić information content (AvgIpc) is 2.82. The van der Waals surface area contributed by atoms with Gasteiger partial charge >= 0.3 is 0 Å². The van der Waals surface area contributed by atoms with Gasteiger partial charge in [0.15, 0.2) is 6.61 Å². The monoisotopic (exact) mass is 435 g/mol. The predicted octanol–water partition coefficient (Wildman–Crippen LogP) is 3.06. The molecule has 0 bridgehead atoms. The lowest BCUT2D eigenvalue weighted by Crippen LogP contribution is -2.43. The van der Waals surface area contributed by atoms with Crippen LogP contribution in [0.1, 0.15) is 15.9 Å². The van der Waals surface area contributed by atoms with Crippen molar-refractivity contribution in [2.75, 3.05) is 13.2 Å². The summed E-state index contributed by atoms with van der Waals surface area (Å²) in [6.45, 7) is 0.145. The Labute approximate surface area is 184 Å². The summed E-state index contributed by atoms with van der Waals surface area (Å²) in [7, 11) is 0. The smallest absolute Gasteiger partial charge is 0.276 e. The zero-order valence-electron chi connectivity index (χ0n) is 17.0. The highest BCUT2D eigenvalue weighted by atomic mass is 16.6. The molecule has 0 spiro atoms. The molecule has 3 aromatic rings. The Hall–Kier alpha value is -4.40. The number of carbonyl (C=O) groups is 2. The molecule has 0 aliphatic carbocycles. The van der Waals surface area contributed by atoms with Crippen LogP contribution < -0.4 is 20.3 Å². The topological polar surface area (TPSA) is 120 Å². The highest BCUT2D eigenvalue weighted by molar-refractivity contribution is 5.95. The van der Waals surface area contributed by atoms with E-state index in [1.165, 1.54) is 29.8 Å². The van der Waals surface area contributed by atoms with Crippen LogP contribution in [0.2, 0.25) is 0 Å². The lowest BCUT2D eigenvalue weighted by Gasteiger charge is -2.10. The average molecular weight is 435 g/mol. The number of non-ortho nitro benzene ring substituents is 1. The van der Waals surface area contributed by atoms with Gasteiger partial charge in [-0.3, -0.25) is 30.6 Å². The Balaban J connectivity index is 1.38. The van der Waals surface area contributed by atoms with E-state index >= 15 is 0 Å². The molecule has 0 unspecified atom stereocenters. The molecule has 0 fully saturated rings. The third kappa shape index (κ3) is 6.84. The summed E-state index contributed by atoms with van der Waals surface area (Å²) in [5.41, 5.74) is 5.98. The molecule has 0 atom stereocenters. The van der Waals surface area contributed by atoms with Gasteiger partial charge in [0, 0.05) is 24.1 Å². The molecular weight excluding hydrogens is 414 g/mol. The van der Waals surface area contributed by atoms with Crippen LogP contribution in [0, 0.1) is 10.1 Å². The second-order valence-electron chi connectivity index (χ2n) is 6.65. The van der Waals surface area contributed by atoms with E-state index in [1.807, 2.05) is 30.3 Å². The molecule has 3 aromatic carbocycles. The molecule has 0 aromatic heterocycles. The first kappa shape index (κ1) is 22.3. The van der Waals surface area contributed by atoms with Gasteiger partial charge in [-0.15, -0.1) is 0 Å². The quantitative estimate of drug-likeness (QED) is 0.394. The van der Waals surface area contributed by atoms with E-state index in [-0.39, 0.29) is 12.3 Å². The maximum absolute atomic E-state index is 12.2. The summed E-state index contributed by atoms with van der Waals surface area (Å²) >= 11 is 0. The van der Waals surface area contributed by atoms with Crippen LogP contribution in [0.25, 0.3) is 0 Å². The number of nitro benzene ring substituents is 1. The lowest BCUT2D eigenvalue weighted by molar-refractivity contribution is -0.384. The van der Waals surface area contributed by atoms with Gasteiger partial charge in [-0.25, -0.2) is 0 Å². The summed E-state index contributed by atoms with van der Waals surface area (Å²) in [6.07, 6.45) is 0.775. The van der Waals surface area contributed by atoms with Crippen LogP contribution in [0.4, 0.5) is 5.69 Å². The number of hydrogen-bond donors (Lipinski definition) is 2. The van der Waals surface area contributed by atoms with Crippen LogP contribution >= 0.6 is 0 Å². The Morgan fingerprint density at radius 2 is 1.44 bits per heavy atom. The molecular formula is C23H21N3O6. The van der Waals surface area contributed by atoms with Crippen LogP contribution in [-0.4, -0.2) is 30.0 Å². The van der Waals surface area contributed by atoms with Crippen LogP contribution in [-0.2, 0) is 11.2 Å². The zero-order chi connectivity index (χ0) is 22.8. The minimum absolute atomic E-state index is 0.0818. The van der Waals surface area contributed by atoms with E-state index < -0.39 is 16.7 Å². The van der Waals surface area contributed by atoms with Gasteiger partial charge in [-0.05, 0) is 42.0 Å². The Bertz CT molecular complexity index is 1050. The maximum atomic E-state index is 12.2. The summed E-state index contributed by atoms with van der Waals surface area (Å²) in [5, 5.41) is 10.6. The SMILES string of the molecule is O=C(COc1ccc([N+](=O)[O-])cc1)NNC(=O)c1ccc(OCCc2ccccc2)cc1. The predicted molar refractivity (Wildman–Crippen MR) is 116 cm³/mol. The number of hydrazine groups is 1. The molecule has 164 valence electrons. The van der Waals surface area contributed by atoms with Crippen molar-refractivity contribution in [3.63, 3.8) is 0 Å². The van der Waals surface area contributed by atoms with Crippen molar-refractivity contribution >= 4 is 17.5 Å². The number of ether oxygens (including phenoxy) is 2. The molecule has 0 heterocycles. The van der Waals surface area contributed by atoms with Gasteiger partial charge < -0.3 is 9.47 Å². The molecule has 2 N–H and O–H groups in total. The Kier molecular flexibility index (Phi) is 7.74. The highest BCUT2D eigenvalue weighted by Crippen LogP contribution is 2.17. The number of hydrogen-bond acceptors (Lipinski definition) is 6. The molecule has 0 saturated heterocycles. The van der Waals surface area contributed by atoms with Gasteiger partial charge in [0.2, 0.25) is 0 Å². The minimum atomic E-state index is -0.586. The van der Waals surface area contributed by atoms with Crippen LogP contribution in [0.3, 0.4) is 0 Å². The molecule has 9 nitrogen and oxygen atoms in total. The lowest BCUT2D eigenvalue weighted by atomic mass is 10.2. The summed E-state index contributed by atoms with van der Waals surface area (Å²) in [4.78, 5) is 34.1. The number of nitrogens with zero attached hydrogens (tertiary/aromatic N) is 1. The minimum Gasteiger partial charge on any atom is -0.493 e. The number of carbonyl (C=O) groups excluding carboxylic acids is 2. The standard InChI is InChI=1S/C23H21N3O6/c27-22(16-32-21-12-8-19(9-13-21)26(29)30)24-25-23(28)18-6-10-20(11-7-18)31-15-14-17-4-2-1-3-5-17/h1-13H,14-16H2,(H,24,27)(H,25,28). The second kappa shape index (κ2) is 11.1. The molecule has 0 aliphatic heterocycles. The number of amides is 2. The summed E-state index contributed by atoms with van der Waals surface area (Å²) < 4.78 is 10.9. The first-order chi connectivity index (χ1) is 15.5. The fourth-order valence-electron chi connectivity index (χ4n) is 2.68. The molecule has 32 heavy (non-hydrogen) atoms. The first-order valence-electron chi connectivity index (χ1n) is 9.74. The number of nitro groups is 1. The molecule has 3 rings (SSSR count). The van der Waals surface area contributed by atoms with Crippen LogP contribution in [0.5, 0.6) is 11.5 Å². The van der Waals surface area contributed by atoms with Crippen molar-refractivity contribution < 1.29 is 24.0 Å². The van der Waals surface area contributed by atoms with Crippen molar-refractivity contribution in [3.05, 3.63) is 100 Å². The van der Waals surface area contributed by atoms with Crippen LogP contribution in [0.15, 0.2) is 78.9 Å². The Morgan fingerprint density at radius 3 is 2.09 bits per heavy atom. The third-order valence-corrected chi connectivity index (χ3v) is 4.35. The van der Waals surface area contributed by atoms with Crippen molar-refractivity contribution in [2.24, 2.45) is 0 Å². The fraction of sp³-hybridized carbons (Fsp3) is 0.130. The zero-order valence-corrected chi connectivity index (χ0v) is 17.0. The number of rotatable bonds is 9. The largest absolute Gasteiger partial charge is 0.493 e. The Morgan fingerprint density at radius 1 is 0.812 bits per heavy atom.